The molecule has 0 aliphatic carbocycles. The molecule has 23 heavy (non-hydrogen) atoms. The fourth-order valence-electron chi connectivity index (χ4n) is 2.77. The third-order valence-electron chi connectivity index (χ3n) is 4.14. The van der Waals surface area contributed by atoms with Gasteiger partial charge in [-0.1, -0.05) is 13.0 Å². The molecule has 2 heterocycles. The van der Waals surface area contributed by atoms with Crippen LogP contribution < -0.4 is 10.2 Å². The van der Waals surface area contributed by atoms with Gasteiger partial charge < -0.3 is 15.1 Å². The zero-order chi connectivity index (χ0) is 16.2. The van der Waals surface area contributed by atoms with Gasteiger partial charge in [0.05, 0.1) is 5.69 Å². The molecule has 0 atom stereocenters. The maximum Gasteiger partial charge on any atom is 0.202 e. The lowest BCUT2D eigenvalue weighted by molar-refractivity contribution is 0.270. The molecule has 1 fully saturated rings. The molecule has 2 aromatic rings. The minimum Gasteiger partial charge on any atom is -0.367 e. The number of nitrogens with one attached hydrogen (secondary N) is 1. The quantitative estimate of drug-likeness (QED) is 0.910. The van der Waals surface area contributed by atoms with Crippen LogP contribution in [0.2, 0.25) is 0 Å². The first-order valence-electron chi connectivity index (χ1n) is 7.95. The average Bonchev–Trinajstić information content (AvgIpc) is 2.99. The average molecular weight is 335 g/mol. The van der Waals surface area contributed by atoms with Crippen LogP contribution in [0.3, 0.4) is 0 Å². The highest BCUT2D eigenvalue weighted by molar-refractivity contribution is 7.09. The largest absolute Gasteiger partial charge is 0.367 e. The lowest BCUT2D eigenvalue weighted by Crippen LogP contribution is -2.46. The molecule has 0 spiro atoms. The van der Waals surface area contributed by atoms with E-state index in [2.05, 4.69) is 31.4 Å². The van der Waals surface area contributed by atoms with Gasteiger partial charge in [-0.2, -0.15) is 4.37 Å². The van der Waals surface area contributed by atoms with E-state index in [1.165, 1.54) is 11.5 Å². The normalized spacial score (nSPS) is 15.9. The van der Waals surface area contributed by atoms with E-state index in [1.54, 1.807) is 6.07 Å². The molecule has 0 bridgehead atoms. The fourth-order valence-corrected chi connectivity index (χ4v) is 3.34. The number of benzene rings is 1. The van der Waals surface area contributed by atoms with E-state index in [-0.39, 0.29) is 5.82 Å². The maximum atomic E-state index is 14.4. The Morgan fingerprint density at radius 1 is 1.26 bits per heavy atom. The number of hydrogen-bond acceptors (Lipinski definition) is 6. The monoisotopic (exact) mass is 335 g/mol. The summed E-state index contributed by atoms with van der Waals surface area (Å²) in [5.41, 5.74) is 1.61. The zero-order valence-corrected chi connectivity index (χ0v) is 14.4. The van der Waals surface area contributed by atoms with E-state index in [0.29, 0.717) is 12.2 Å². The van der Waals surface area contributed by atoms with Crippen LogP contribution >= 0.6 is 11.5 Å². The summed E-state index contributed by atoms with van der Waals surface area (Å²) in [6, 6.07) is 5.48. The predicted molar refractivity (Wildman–Crippen MR) is 92.7 cm³/mol. The minimum absolute atomic E-state index is 0.150. The Morgan fingerprint density at radius 3 is 2.65 bits per heavy atom. The predicted octanol–water partition coefficient (Wildman–Crippen LogP) is 2.74. The highest BCUT2D eigenvalue weighted by Crippen LogP contribution is 2.22. The van der Waals surface area contributed by atoms with E-state index < -0.39 is 0 Å². The Kier molecular flexibility index (Phi) is 5.07. The highest BCUT2D eigenvalue weighted by atomic mass is 32.1. The topological polar surface area (TPSA) is 44.3 Å². The van der Waals surface area contributed by atoms with E-state index in [9.17, 15) is 4.39 Å². The van der Waals surface area contributed by atoms with Crippen LogP contribution in [-0.2, 0) is 6.54 Å². The minimum atomic E-state index is -0.150. The number of halogens is 1. The molecular formula is C16H22FN5S. The van der Waals surface area contributed by atoms with Gasteiger partial charge in [0, 0.05) is 44.3 Å². The van der Waals surface area contributed by atoms with Gasteiger partial charge in [0.25, 0.3) is 0 Å². The van der Waals surface area contributed by atoms with Crippen LogP contribution in [-0.4, -0.2) is 47.0 Å². The number of likely N-dealkylation sites (N-methyl/N-ethyl adjacent to an activating group) is 1. The molecule has 1 aromatic carbocycles. The number of aryl methyl sites for hydroxylation is 1. The molecule has 3 rings (SSSR count). The van der Waals surface area contributed by atoms with Crippen LogP contribution in [0.25, 0.3) is 0 Å². The molecule has 1 aliphatic rings. The van der Waals surface area contributed by atoms with Gasteiger partial charge >= 0.3 is 0 Å². The zero-order valence-electron chi connectivity index (χ0n) is 13.5. The number of aromatic nitrogens is 2. The summed E-state index contributed by atoms with van der Waals surface area (Å²) < 4.78 is 18.6. The van der Waals surface area contributed by atoms with Gasteiger partial charge in [-0.25, -0.2) is 9.37 Å². The first-order chi connectivity index (χ1) is 11.2. The Hall–Kier alpha value is -1.73. The van der Waals surface area contributed by atoms with Crippen LogP contribution in [0.1, 0.15) is 18.3 Å². The van der Waals surface area contributed by atoms with E-state index in [0.717, 1.165) is 49.2 Å². The van der Waals surface area contributed by atoms with Crippen molar-refractivity contribution < 1.29 is 4.39 Å². The van der Waals surface area contributed by atoms with Crippen molar-refractivity contribution in [2.75, 3.05) is 42.9 Å². The van der Waals surface area contributed by atoms with E-state index in [1.807, 2.05) is 19.1 Å². The second-order valence-corrected chi connectivity index (χ2v) is 6.46. The van der Waals surface area contributed by atoms with Crippen molar-refractivity contribution >= 4 is 22.4 Å². The van der Waals surface area contributed by atoms with Gasteiger partial charge in [-0.05, 0) is 31.2 Å². The van der Waals surface area contributed by atoms with Crippen molar-refractivity contribution in [3.05, 3.63) is 35.4 Å². The molecule has 0 unspecified atom stereocenters. The lowest BCUT2D eigenvalue weighted by atomic mass is 10.1. The maximum absolute atomic E-state index is 14.4. The molecular weight excluding hydrogens is 313 g/mol. The van der Waals surface area contributed by atoms with Crippen molar-refractivity contribution in [3.63, 3.8) is 0 Å². The molecule has 7 heteroatoms. The van der Waals surface area contributed by atoms with Crippen LogP contribution in [0.15, 0.2) is 18.2 Å². The molecule has 1 aromatic heterocycles. The second-order valence-electron chi connectivity index (χ2n) is 5.71. The third-order valence-corrected chi connectivity index (χ3v) is 4.91. The summed E-state index contributed by atoms with van der Waals surface area (Å²) >= 11 is 1.32. The van der Waals surface area contributed by atoms with Crippen molar-refractivity contribution in [1.29, 1.82) is 0 Å². The van der Waals surface area contributed by atoms with Crippen molar-refractivity contribution in [1.82, 2.24) is 14.3 Å². The number of anilines is 2. The molecule has 1 aliphatic heterocycles. The van der Waals surface area contributed by atoms with Crippen LogP contribution in [0, 0.1) is 12.7 Å². The Bertz CT molecular complexity index is 652. The first-order valence-corrected chi connectivity index (χ1v) is 8.73. The number of nitrogens with zero attached hydrogens (tertiary/aromatic N) is 4. The summed E-state index contributed by atoms with van der Waals surface area (Å²) in [6.45, 7) is 9.39. The SMILES string of the molecule is CCN1CCN(c2ccc(CNc3nc(C)ns3)cc2F)CC1. The summed E-state index contributed by atoms with van der Waals surface area (Å²) in [5, 5.41) is 3.95. The molecule has 5 nitrogen and oxygen atoms in total. The standard InChI is InChI=1S/C16H22FN5S/c1-3-21-6-8-22(9-7-21)15-5-4-13(10-14(15)17)11-18-16-19-12(2)20-23-16/h4-5,10H,3,6-9,11H2,1-2H3,(H,18,19,20). The van der Waals surface area contributed by atoms with Crippen molar-refractivity contribution in [2.24, 2.45) is 0 Å². The highest BCUT2D eigenvalue weighted by Gasteiger charge is 2.18. The second kappa shape index (κ2) is 7.23. The number of rotatable bonds is 5. The molecule has 124 valence electrons. The third kappa shape index (κ3) is 3.97. The van der Waals surface area contributed by atoms with E-state index >= 15 is 0 Å². The smallest absolute Gasteiger partial charge is 0.202 e. The Balaban J connectivity index is 1.61. The summed E-state index contributed by atoms with van der Waals surface area (Å²) in [6.07, 6.45) is 0. The van der Waals surface area contributed by atoms with Gasteiger partial charge in [0.2, 0.25) is 5.13 Å². The van der Waals surface area contributed by atoms with Crippen molar-refractivity contribution in [2.45, 2.75) is 20.4 Å². The number of hydrogen-bond donors (Lipinski definition) is 1. The molecule has 0 radical (unpaired) electrons. The summed E-state index contributed by atoms with van der Waals surface area (Å²) in [4.78, 5) is 8.76. The van der Waals surface area contributed by atoms with Gasteiger partial charge in [-0.3, -0.25) is 0 Å². The van der Waals surface area contributed by atoms with Gasteiger partial charge in [-0.15, -0.1) is 0 Å². The molecule has 0 saturated carbocycles. The first kappa shape index (κ1) is 16.1. The van der Waals surface area contributed by atoms with Gasteiger partial charge in [0.1, 0.15) is 11.6 Å². The number of piperazine rings is 1. The Labute approximate surface area is 140 Å². The van der Waals surface area contributed by atoms with Crippen molar-refractivity contribution in [3.8, 4) is 0 Å². The van der Waals surface area contributed by atoms with Crippen LogP contribution in [0.5, 0.6) is 0 Å². The Morgan fingerprint density at radius 2 is 2.04 bits per heavy atom. The summed E-state index contributed by atoms with van der Waals surface area (Å²) in [7, 11) is 0. The van der Waals surface area contributed by atoms with Gasteiger partial charge in [0.15, 0.2) is 0 Å². The molecule has 0 amide bonds. The molecule has 1 saturated heterocycles. The van der Waals surface area contributed by atoms with E-state index in [4.69, 9.17) is 0 Å². The molecule has 1 N–H and O–H groups in total. The summed E-state index contributed by atoms with van der Waals surface area (Å²) in [5.74, 6) is 0.605. The lowest BCUT2D eigenvalue weighted by Gasteiger charge is -2.35. The fraction of sp³-hybridized carbons (Fsp3) is 0.500. The van der Waals surface area contributed by atoms with Crippen LogP contribution in [0.4, 0.5) is 15.2 Å².